The van der Waals surface area contributed by atoms with Gasteiger partial charge in [-0.15, -0.1) is 0 Å². The number of anilines is 2. The minimum Gasteiger partial charge on any atom is -0.461 e. The number of benzene rings is 2. The fourth-order valence-electron chi connectivity index (χ4n) is 2.49. The Kier molecular flexibility index (Phi) is 5.92. The quantitative estimate of drug-likeness (QED) is 0.278. The number of fused-ring (bicyclic) bond motifs is 1. The Labute approximate surface area is 166 Å². The first-order chi connectivity index (χ1) is 12.9. The zero-order valence-electron chi connectivity index (χ0n) is 14.1. The molecule has 27 heavy (non-hydrogen) atoms. The number of carbonyl (C=O) groups is 1. The Morgan fingerprint density at radius 1 is 1.33 bits per heavy atom. The fraction of sp³-hybridized carbons (Fsp3) is 0.167. The second kappa shape index (κ2) is 8.19. The molecule has 0 saturated carbocycles. The zero-order chi connectivity index (χ0) is 19.6. The molecule has 1 heterocycles. The van der Waals surface area contributed by atoms with Crippen LogP contribution in [-0.2, 0) is 4.84 Å². The van der Waals surface area contributed by atoms with Gasteiger partial charge >= 0.3 is 0 Å². The predicted molar refractivity (Wildman–Crippen MR) is 104 cm³/mol. The van der Waals surface area contributed by atoms with Crippen LogP contribution in [-0.4, -0.2) is 24.2 Å². The molecule has 3 N–H and O–H groups in total. The first-order valence-corrected chi connectivity index (χ1v) is 8.95. The molecule has 0 atom stereocenters. The van der Waals surface area contributed by atoms with Gasteiger partial charge in [0.2, 0.25) is 0 Å². The fourth-order valence-corrected chi connectivity index (χ4v) is 2.95. The lowest BCUT2D eigenvalue weighted by Crippen LogP contribution is -2.26. The Morgan fingerprint density at radius 3 is 2.81 bits per heavy atom. The van der Waals surface area contributed by atoms with E-state index >= 15 is 4.39 Å². The van der Waals surface area contributed by atoms with Gasteiger partial charge in [-0.2, -0.15) is 0 Å². The van der Waals surface area contributed by atoms with Gasteiger partial charge in [0.25, 0.3) is 5.91 Å². The van der Waals surface area contributed by atoms with E-state index in [2.05, 4.69) is 10.8 Å². The molecule has 0 fully saturated rings. The number of nitrogens with one attached hydrogen (secondary N) is 2. The molecule has 0 radical (unpaired) electrons. The maximum absolute atomic E-state index is 15.0. The summed E-state index contributed by atoms with van der Waals surface area (Å²) in [6, 6.07) is 5.80. The van der Waals surface area contributed by atoms with Gasteiger partial charge in [-0.3, -0.25) is 9.63 Å². The molecule has 0 unspecified atom stereocenters. The summed E-state index contributed by atoms with van der Waals surface area (Å²) in [4.78, 5) is 17.3. The van der Waals surface area contributed by atoms with Crippen molar-refractivity contribution in [1.29, 1.82) is 0 Å². The number of aliphatic hydroxyl groups is 1. The molecule has 3 rings (SSSR count). The van der Waals surface area contributed by atoms with Crippen molar-refractivity contribution in [3.05, 3.63) is 56.9 Å². The van der Waals surface area contributed by atoms with Crippen LogP contribution in [0.25, 0.3) is 11.0 Å². The van der Waals surface area contributed by atoms with E-state index in [9.17, 15) is 9.18 Å². The van der Waals surface area contributed by atoms with Gasteiger partial charge in [0.05, 0.1) is 36.4 Å². The molecule has 142 valence electrons. The molecule has 0 bridgehead atoms. The number of carbonyl (C=O) groups excluding carboxylic acids is 1. The van der Waals surface area contributed by atoms with E-state index in [1.54, 1.807) is 13.0 Å². The van der Waals surface area contributed by atoms with Crippen LogP contribution < -0.4 is 10.8 Å². The number of aryl methyl sites for hydroxylation is 1. The van der Waals surface area contributed by atoms with Crippen LogP contribution in [0.3, 0.4) is 0 Å². The van der Waals surface area contributed by atoms with E-state index in [4.69, 9.17) is 14.4 Å². The lowest BCUT2D eigenvalue weighted by Gasteiger charge is -2.14. The summed E-state index contributed by atoms with van der Waals surface area (Å²) < 4.78 is 35.2. The highest BCUT2D eigenvalue weighted by Gasteiger charge is 2.23. The summed E-state index contributed by atoms with van der Waals surface area (Å²) in [6.45, 7) is 1.28. The third-order valence-corrected chi connectivity index (χ3v) is 4.46. The average molecular weight is 488 g/mol. The molecule has 0 saturated heterocycles. The number of rotatable bonds is 6. The van der Waals surface area contributed by atoms with Gasteiger partial charge in [0, 0.05) is 8.96 Å². The number of hydroxylamine groups is 1. The lowest BCUT2D eigenvalue weighted by molar-refractivity contribution is 0.0169. The molecule has 0 aliphatic heterocycles. The summed E-state index contributed by atoms with van der Waals surface area (Å²) in [5.41, 5.74) is 2.37. The highest BCUT2D eigenvalue weighted by molar-refractivity contribution is 14.1. The number of hydrogen-bond acceptors (Lipinski definition) is 5. The first kappa shape index (κ1) is 19.5. The normalized spacial score (nSPS) is 11.0. The second-order valence-electron chi connectivity index (χ2n) is 5.66. The molecule has 0 aliphatic rings. The van der Waals surface area contributed by atoms with Crippen molar-refractivity contribution in [3.8, 4) is 0 Å². The summed E-state index contributed by atoms with van der Waals surface area (Å²) in [6.07, 6.45) is 1.37. The average Bonchev–Trinajstić information content (AvgIpc) is 3.00. The Hall–Kier alpha value is -2.24. The highest BCUT2D eigenvalue weighted by atomic mass is 127. The molecule has 1 aromatic heterocycles. The lowest BCUT2D eigenvalue weighted by atomic mass is 10.1. The Bertz CT molecular complexity index is 1010. The topological polar surface area (TPSA) is 83.7 Å². The molecule has 9 heteroatoms. The summed E-state index contributed by atoms with van der Waals surface area (Å²) in [5, 5.41) is 11.8. The molecule has 6 nitrogen and oxygen atoms in total. The van der Waals surface area contributed by atoms with Gasteiger partial charge in [0.1, 0.15) is 5.82 Å². The van der Waals surface area contributed by atoms with Crippen LogP contribution in [0.15, 0.2) is 34.9 Å². The van der Waals surface area contributed by atoms with E-state index in [1.807, 2.05) is 22.6 Å². The minimum atomic E-state index is -0.828. The molecule has 0 aliphatic carbocycles. The Morgan fingerprint density at radius 2 is 2.11 bits per heavy atom. The van der Waals surface area contributed by atoms with Gasteiger partial charge < -0.3 is 14.8 Å². The van der Waals surface area contributed by atoms with E-state index in [0.717, 1.165) is 0 Å². The smallest absolute Gasteiger partial charge is 0.277 e. The Balaban J connectivity index is 2.09. The number of halogens is 3. The van der Waals surface area contributed by atoms with Crippen LogP contribution in [0.4, 0.5) is 20.2 Å². The van der Waals surface area contributed by atoms with Crippen molar-refractivity contribution in [2.45, 2.75) is 6.92 Å². The van der Waals surface area contributed by atoms with E-state index in [1.165, 1.54) is 24.5 Å². The maximum atomic E-state index is 15.0. The summed E-state index contributed by atoms with van der Waals surface area (Å²) in [5.74, 6) is -2.18. The SMILES string of the molecule is Cc1coc2c(F)c(Nc3ccc(I)cc3F)c(C(=O)NOCCO)cc12. The van der Waals surface area contributed by atoms with Crippen molar-refractivity contribution < 1.29 is 27.9 Å². The van der Waals surface area contributed by atoms with E-state index in [-0.39, 0.29) is 35.7 Å². The molecule has 0 spiro atoms. The molecular formula is C18H15F2IN2O4. The predicted octanol–water partition coefficient (Wildman–Crippen LogP) is 4.02. The monoisotopic (exact) mass is 488 g/mol. The summed E-state index contributed by atoms with van der Waals surface area (Å²) in [7, 11) is 0. The van der Waals surface area contributed by atoms with Crippen molar-refractivity contribution in [2.24, 2.45) is 0 Å². The number of aliphatic hydroxyl groups excluding tert-OH is 1. The van der Waals surface area contributed by atoms with Crippen molar-refractivity contribution in [1.82, 2.24) is 5.48 Å². The first-order valence-electron chi connectivity index (χ1n) is 7.87. The second-order valence-corrected chi connectivity index (χ2v) is 6.91. The minimum absolute atomic E-state index is 0.00210. The van der Waals surface area contributed by atoms with E-state index in [0.29, 0.717) is 14.5 Å². The largest absolute Gasteiger partial charge is 0.461 e. The standard InChI is InChI=1S/C18H15F2IN2O4/c1-9-8-26-17-11(9)7-12(18(25)23-27-5-4-24)16(15(17)20)22-14-3-2-10(21)6-13(14)19/h2-3,6-8,22,24H,4-5H2,1H3,(H,23,25). The molecular weight excluding hydrogens is 473 g/mol. The number of furan rings is 1. The highest BCUT2D eigenvalue weighted by Crippen LogP contribution is 2.34. The zero-order valence-corrected chi connectivity index (χ0v) is 16.3. The number of amides is 1. The van der Waals surface area contributed by atoms with Gasteiger partial charge in [-0.1, -0.05) is 0 Å². The van der Waals surface area contributed by atoms with Crippen LogP contribution in [0.5, 0.6) is 0 Å². The third kappa shape index (κ3) is 4.04. The molecule has 2 aromatic carbocycles. The molecule has 3 aromatic rings. The third-order valence-electron chi connectivity index (χ3n) is 3.79. The van der Waals surface area contributed by atoms with Crippen molar-refractivity contribution >= 4 is 50.8 Å². The molecule has 1 amide bonds. The van der Waals surface area contributed by atoms with Crippen LogP contribution >= 0.6 is 22.6 Å². The van der Waals surface area contributed by atoms with E-state index < -0.39 is 17.5 Å². The number of hydrogen-bond donors (Lipinski definition) is 3. The van der Waals surface area contributed by atoms with Crippen molar-refractivity contribution in [3.63, 3.8) is 0 Å². The van der Waals surface area contributed by atoms with Gasteiger partial charge in [-0.25, -0.2) is 14.3 Å². The van der Waals surface area contributed by atoms with Gasteiger partial charge in [-0.05, 0) is 59.3 Å². The van der Waals surface area contributed by atoms with Crippen LogP contribution in [0, 0.1) is 22.1 Å². The van der Waals surface area contributed by atoms with Crippen LogP contribution in [0.2, 0.25) is 0 Å². The van der Waals surface area contributed by atoms with Gasteiger partial charge in [0.15, 0.2) is 11.4 Å². The van der Waals surface area contributed by atoms with Crippen LogP contribution in [0.1, 0.15) is 15.9 Å². The summed E-state index contributed by atoms with van der Waals surface area (Å²) >= 11 is 1.95. The maximum Gasteiger partial charge on any atom is 0.277 e. The van der Waals surface area contributed by atoms with Crippen molar-refractivity contribution in [2.75, 3.05) is 18.5 Å².